The number of carbonyl (C=O) groups is 1. The fraction of sp³-hybridized carbons (Fsp3) is 0.500. The largest absolute Gasteiger partial charge is 0.492 e. The van der Waals surface area contributed by atoms with Crippen molar-refractivity contribution in [3.63, 3.8) is 0 Å². The molecule has 2 aromatic carbocycles. The average molecular weight is 493 g/mol. The normalized spacial score (nSPS) is 22.6. The first-order chi connectivity index (χ1) is 16.7. The highest BCUT2D eigenvalue weighted by Crippen LogP contribution is 2.45. The van der Waals surface area contributed by atoms with Gasteiger partial charge in [0.25, 0.3) is 0 Å². The highest BCUT2D eigenvalue weighted by molar-refractivity contribution is 5.72. The van der Waals surface area contributed by atoms with Gasteiger partial charge < -0.3 is 19.9 Å². The van der Waals surface area contributed by atoms with Gasteiger partial charge in [0.05, 0.1) is 5.56 Å². The van der Waals surface area contributed by atoms with E-state index in [2.05, 4.69) is 10.2 Å². The molecule has 2 unspecified atom stereocenters. The number of nitrogens with zero attached hydrogens (tertiary/aromatic N) is 1. The Labute approximate surface area is 203 Å². The Balaban J connectivity index is 1.12. The van der Waals surface area contributed by atoms with Gasteiger partial charge >= 0.3 is 12.1 Å². The van der Waals surface area contributed by atoms with Gasteiger partial charge in [0, 0.05) is 45.2 Å². The van der Waals surface area contributed by atoms with Gasteiger partial charge in [-0.2, -0.15) is 13.2 Å². The average Bonchev–Trinajstić information content (AvgIpc) is 3.27. The Hall–Kier alpha value is -2.62. The second-order valence-electron chi connectivity index (χ2n) is 9.18. The molecular weight excluding hydrogens is 461 g/mol. The van der Waals surface area contributed by atoms with Crippen LogP contribution in [0.4, 0.5) is 13.2 Å². The number of piperidine rings is 1. The zero-order chi connectivity index (χ0) is 25.0. The quantitative estimate of drug-likeness (QED) is 0.439. The van der Waals surface area contributed by atoms with E-state index in [0.717, 1.165) is 48.6 Å². The summed E-state index contributed by atoms with van der Waals surface area (Å²) in [7, 11) is 0. The van der Waals surface area contributed by atoms with E-state index >= 15 is 0 Å². The molecule has 35 heavy (non-hydrogen) atoms. The molecule has 4 atom stereocenters. The SMILES string of the molecule is CCO[C@H](Cc1ccc(OCCNC2C3CN(Cc4ccc(C(F)(F)F)cc4)C[C@@H]32)cc1)C(=O)O. The van der Waals surface area contributed by atoms with Gasteiger partial charge in [0.1, 0.15) is 12.4 Å². The molecule has 0 spiro atoms. The summed E-state index contributed by atoms with van der Waals surface area (Å²) in [6.45, 7) is 5.95. The van der Waals surface area contributed by atoms with Crippen molar-refractivity contribution in [2.45, 2.75) is 38.2 Å². The number of aliphatic carboxylic acids is 1. The molecule has 1 aliphatic heterocycles. The Bertz CT molecular complexity index is 970. The van der Waals surface area contributed by atoms with Crippen molar-refractivity contribution in [3.05, 3.63) is 65.2 Å². The Morgan fingerprint density at radius 3 is 2.29 bits per heavy atom. The Kier molecular flexibility index (Phi) is 7.98. The number of alkyl halides is 3. The molecule has 4 rings (SSSR count). The third-order valence-electron chi connectivity index (χ3n) is 6.70. The first-order valence-electron chi connectivity index (χ1n) is 11.9. The maximum absolute atomic E-state index is 12.7. The van der Waals surface area contributed by atoms with Crippen molar-refractivity contribution in [2.75, 3.05) is 32.8 Å². The molecule has 0 radical (unpaired) electrons. The fourth-order valence-electron chi connectivity index (χ4n) is 4.85. The zero-order valence-electron chi connectivity index (χ0n) is 19.6. The first kappa shape index (κ1) is 25.5. The minimum atomic E-state index is -4.30. The second-order valence-corrected chi connectivity index (χ2v) is 9.18. The Morgan fingerprint density at radius 1 is 1.09 bits per heavy atom. The van der Waals surface area contributed by atoms with Crippen molar-refractivity contribution in [1.29, 1.82) is 0 Å². The van der Waals surface area contributed by atoms with Crippen LogP contribution in [-0.2, 0) is 28.7 Å². The molecule has 2 fully saturated rings. The van der Waals surface area contributed by atoms with Crippen LogP contribution >= 0.6 is 0 Å². The molecule has 6 nitrogen and oxygen atoms in total. The lowest BCUT2D eigenvalue weighted by Crippen LogP contribution is -2.33. The minimum absolute atomic E-state index is 0.311. The van der Waals surface area contributed by atoms with Crippen LogP contribution in [0.3, 0.4) is 0 Å². The standard InChI is InChI=1S/C26H31F3N2O4/c1-2-34-23(25(32)33)13-17-5-9-20(10-6-17)35-12-11-30-24-21-15-31(16-22(21)24)14-18-3-7-19(8-4-18)26(27,28)29/h3-10,21-24,30H,2,11-16H2,1H3,(H,32,33)/t21-,22?,23+,24?/m0/s1. The van der Waals surface area contributed by atoms with Gasteiger partial charge in [0.2, 0.25) is 0 Å². The molecule has 1 heterocycles. The van der Waals surface area contributed by atoms with Crippen LogP contribution in [0.2, 0.25) is 0 Å². The summed E-state index contributed by atoms with van der Waals surface area (Å²) in [5.41, 5.74) is 1.17. The molecule has 1 aliphatic carbocycles. The lowest BCUT2D eigenvalue weighted by Gasteiger charge is -2.20. The summed E-state index contributed by atoms with van der Waals surface area (Å²) in [5.74, 6) is 0.927. The van der Waals surface area contributed by atoms with Gasteiger partial charge in [-0.1, -0.05) is 24.3 Å². The zero-order valence-corrected chi connectivity index (χ0v) is 19.6. The van der Waals surface area contributed by atoms with Crippen LogP contribution in [0.25, 0.3) is 0 Å². The smallest absolute Gasteiger partial charge is 0.416 e. The molecule has 2 aromatic rings. The van der Waals surface area contributed by atoms with E-state index in [-0.39, 0.29) is 0 Å². The van der Waals surface area contributed by atoms with Crippen molar-refractivity contribution >= 4 is 5.97 Å². The van der Waals surface area contributed by atoms with Crippen molar-refractivity contribution in [2.24, 2.45) is 11.8 Å². The number of rotatable bonds is 12. The van der Waals surface area contributed by atoms with Crippen molar-refractivity contribution < 1.29 is 32.5 Å². The number of nitrogens with one attached hydrogen (secondary N) is 1. The number of likely N-dealkylation sites (tertiary alicyclic amines) is 1. The maximum atomic E-state index is 12.7. The number of fused-ring (bicyclic) bond motifs is 1. The molecule has 0 aromatic heterocycles. The van der Waals surface area contributed by atoms with Gasteiger partial charge in [0.15, 0.2) is 6.10 Å². The molecule has 190 valence electrons. The molecule has 1 saturated heterocycles. The molecule has 2 N–H and O–H groups in total. The Morgan fingerprint density at radius 2 is 1.71 bits per heavy atom. The lowest BCUT2D eigenvalue weighted by molar-refractivity contribution is -0.150. The number of hydrogen-bond donors (Lipinski definition) is 2. The molecule has 0 bridgehead atoms. The number of halogens is 3. The second kappa shape index (κ2) is 11.0. The van der Waals surface area contributed by atoms with E-state index in [0.29, 0.717) is 44.1 Å². The third kappa shape index (κ3) is 6.74. The number of hydrogen-bond acceptors (Lipinski definition) is 5. The van der Waals surface area contributed by atoms with Gasteiger partial charge in [-0.25, -0.2) is 4.79 Å². The van der Waals surface area contributed by atoms with E-state index in [1.165, 1.54) is 0 Å². The lowest BCUT2D eigenvalue weighted by atomic mass is 10.1. The molecule has 1 saturated carbocycles. The van der Waals surface area contributed by atoms with Crippen molar-refractivity contribution in [3.8, 4) is 5.75 Å². The summed E-state index contributed by atoms with van der Waals surface area (Å²) in [5, 5.41) is 12.7. The summed E-state index contributed by atoms with van der Waals surface area (Å²) < 4.78 is 49.2. The van der Waals surface area contributed by atoms with E-state index in [9.17, 15) is 23.1 Å². The third-order valence-corrected chi connectivity index (χ3v) is 6.70. The summed E-state index contributed by atoms with van der Waals surface area (Å²) in [6, 6.07) is 13.3. The molecule has 9 heteroatoms. The summed E-state index contributed by atoms with van der Waals surface area (Å²) in [4.78, 5) is 13.5. The fourth-order valence-corrected chi connectivity index (χ4v) is 4.85. The number of carboxylic acids is 1. The number of benzene rings is 2. The van der Waals surface area contributed by atoms with E-state index in [1.54, 1.807) is 19.1 Å². The van der Waals surface area contributed by atoms with Crippen LogP contribution in [-0.4, -0.2) is 61.0 Å². The predicted molar refractivity (Wildman–Crippen MR) is 124 cm³/mol. The predicted octanol–water partition coefficient (Wildman–Crippen LogP) is 3.84. The van der Waals surface area contributed by atoms with Crippen LogP contribution in [0.1, 0.15) is 23.6 Å². The number of ether oxygens (including phenoxy) is 2. The van der Waals surface area contributed by atoms with Crippen LogP contribution in [0.5, 0.6) is 5.75 Å². The van der Waals surface area contributed by atoms with E-state index < -0.39 is 23.8 Å². The highest BCUT2D eigenvalue weighted by Gasteiger charge is 2.55. The van der Waals surface area contributed by atoms with E-state index in [1.807, 2.05) is 24.3 Å². The first-order valence-corrected chi connectivity index (χ1v) is 11.9. The van der Waals surface area contributed by atoms with Crippen LogP contribution in [0.15, 0.2) is 48.5 Å². The van der Waals surface area contributed by atoms with Gasteiger partial charge in [-0.15, -0.1) is 0 Å². The molecular formula is C26H31F3N2O4. The molecule has 2 aliphatic rings. The topological polar surface area (TPSA) is 71.0 Å². The number of carboxylic acid groups (broad SMARTS) is 1. The van der Waals surface area contributed by atoms with Gasteiger partial charge in [-0.05, 0) is 54.2 Å². The minimum Gasteiger partial charge on any atom is -0.492 e. The monoisotopic (exact) mass is 492 g/mol. The highest BCUT2D eigenvalue weighted by atomic mass is 19.4. The van der Waals surface area contributed by atoms with Gasteiger partial charge in [-0.3, -0.25) is 4.90 Å². The van der Waals surface area contributed by atoms with Crippen LogP contribution in [0, 0.1) is 11.8 Å². The maximum Gasteiger partial charge on any atom is 0.416 e. The van der Waals surface area contributed by atoms with E-state index in [4.69, 9.17) is 9.47 Å². The van der Waals surface area contributed by atoms with Crippen molar-refractivity contribution in [1.82, 2.24) is 10.2 Å². The molecule has 0 amide bonds. The van der Waals surface area contributed by atoms with Crippen LogP contribution < -0.4 is 10.1 Å². The summed E-state index contributed by atoms with van der Waals surface area (Å²) in [6.07, 6.45) is -4.83. The summed E-state index contributed by atoms with van der Waals surface area (Å²) >= 11 is 0.